The molecule has 0 radical (unpaired) electrons. The quantitative estimate of drug-likeness (QED) is 0.589. The van der Waals surface area contributed by atoms with Crippen LogP contribution in [0.4, 0.5) is 0 Å². The highest BCUT2D eigenvalue weighted by atomic mass is 32.2. The fraction of sp³-hybridized carbons (Fsp3) is 0.450. The van der Waals surface area contributed by atoms with Gasteiger partial charge in [0, 0.05) is 23.0 Å². The van der Waals surface area contributed by atoms with Gasteiger partial charge in [0.15, 0.2) is 0 Å². The molecular weight excluding hydrogens is 334 g/mol. The molecule has 2 heterocycles. The predicted molar refractivity (Wildman–Crippen MR) is 101 cm³/mol. The fourth-order valence-corrected chi connectivity index (χ4v) is 4.37. The number of nitrogens with zero attached hydrogens (tertiary/aromatic N) is 1. The van der Waals surface area contributed by atoms with Crippen molar-refractivity contribution in [2.45, 2.75) is 39.5 Å². The van der Waals surface area contributed by atoms with Crippen LogP contribution in [0, 0.1) is 12.8 Å². The molecule has 2 unspecified atom stereocenters. The average Bonchev–Trinajstić information content (AvgIpc) is 2.95. The van der Waals surface area contributed by atoms with Gasteiger partial charge in [0.25, 0.3) is 0 Å². The number of benzene rings is 1. The van der Waals surface area contributed by atoms with Crippen molar-refractivity contribution in [1.29, 1.82) is 0 Å². The number of rotatable bonds is 5. The highest BCUT2D eigenvalue weighted by molar-refractivity contribution is 8.14. The molecule has 1 aromatic rings. The van der Waals surface area contributed by atoms with Crippen molar-refractivity contribution in [3.05, 3.63) is 46.7 Å². The minimum atomic E-state index is -0.528. The lowest BCUT2D eigenvalue weighted by molar-refractivity contribution is -0.146. The van der Waals surface area contributed by atoms with Crippen molar-refractivity contribution in [1.82, 2.24) is 0 Å². The van der Waals surface area contributed by atoms with E-state index in [2.05, 4.69) is 11.9 Å². The Morgan fingerprint density at radius 1 is 1.32 bits per heavy atom. The zero-order chi connectivity index (χ0) is 18.0. The Hall–Kier alpha value is -1.88. The van der Waals surface area contributed by atoms with Crippen LogP contribution in [0.15, 0.2) is 40.5 Å². The van der Waals surface area contributed by atoms with Crippen molar-refractivity contribution < 1.29 is 14.3 Å². The Labute approximate surface area is 152 Å². The third kappa shape index (κ3) is 3.43. The molecule has 0 spiro atoms. The first-order valence-corrected chi connectivity index (χ1v) is 9.70. The zero-order valence-corrected chi connectivity index (χ0v) is 15.7. The van der Waals surface area contributed by atoms with Crippen molar-refractivity contribution in [2.75, 3.05) is 12.4 Å². The largest absolute Gasteiger partial charge is 0.465 e. The van der Waals surface area contributed by atoms with Crippen molar-refractivity contribution in [3.63, 3.8) is 0 Å². The molecule has 132 valence electrons. The zero-order valence-electron chi connectivity index (χ0n) is 14.9. The Morgan fingerprint density at radius 3 is 2.80 bits per heavy atom. The van der Waals surface area contributed by atoms with Crippen molar-refractivity contribution in [2.24, 2.45) is 10.9 Å². The summed E-state index contributed by atoms with van der Waals surface area (Å²) in [6, 6.07) is 7.95. The van der Waals surface area contributed by atoms with E-state index < -0.39 is 5.92 Å². The molecule has 4 nitrogen and oxygen atoms in total. The summed E-state index contributed by atoms with van der Waals surface area (Å²) in [6.07, 6.45) is 1.81. The molecule has 0 aliphatic carbocycles. The van der Waals surface area contributed by atoms with Gasteiger partial charge in [0.2, 0.25) is 5.12 Å². The summed E-state index contributed by atoms with van der Waals surface area (Å²) < 4.78 is 5.51. The van der Waals surface area contributed by atoms with Crippen LogP contribution in [0.3, 0.4) is 0 Å². The number of esters is 1. The summed E-state index contributed by atoms with van der Waals surface area (Å²) in [7, 11) is 0. The lowest BCUT2D eigenvalue weighted by Gasteiger charge is -2.31. The second-order valence-electron chi connectivity index (χ2n) is 6.52. The molecule has 1 aromatic carbocycles. The van der Waals surface area contributed by atoms with E-state index >= 15 is 0 Å². The molecule has 5 heteroatoms. The maximum absolute atomic E-state index is 12.8. The topological polar surface area (TPSA) is 55.7 Å². The molecule has 0 aromatic heterocycles. The van der Waals surface area contributed by atoms with E-state index in [1.54, 1.807) is 0 Å². The first-order chi connectivity index (χ1) is 12.0. The SMILES string of the molecule is CCCCOC(=O)C1C(C)=NC2=C(C(=O)SC2)C1c1ccccc1C. The van der Waals surface area contributed by atoms with Crippen LogP contribution in [0.2, 0.25) is 0 Å². The van der Waals surface area contributed by atoms with E-state index in [1.165, 1.54) is 11.8 Å². The maximum atomic E-state index is 12.8. The Bertz CT molecular complexity index is 766. The molecule has 0 fully saturated rings. The van der Waals surface area contributed by atoms with Gasteiger partial charge in [-0.2, -0.15) is 0 Å². The van der Waals surface area contributed by atoms with Crippen LogP contribution in [-0.2, 0) is 14.3 Å². The highest BCUT2D eigenvalue weighted by Crippen LogP contribution is 2.46. The standard InChI is InChI=1S/C20H23NO3S/c1-4-5-10-24-19(22)16-13(3)21-15-11-25-20(23)18(15)17(16)14-9-7-6-8-12(14)2/h6-9,16-17H,4-5,10-11H2,1-3H3. The summed E-state index contributed by atoms with van der Waals surface area (Å²) in [4.78, 5) is 29.9. The highest BCUT2D eigenvalue weighted by Gasteiger charge is 2.44. The van der Waals surface area contributed by atoms with E-state index in [-0.39, 0.29) is 17.0 Å². The normalized spacial score (nSPS) is 22.7. The van der Waals surface area contributed by atoms with E-state index in [1.807, 2.05) is 38.1 Å². The van der Waals surface area contributed by atoms with Crippen LogP contribution < -0.4 is 0 Å². The molecule has 0 N–H and O–H groups in total. The Balaban J connectivity index is 2.03. The smallest absolute Gasteiger partial charge is 0.315 e. The minimum absolute atomic E-state index is 0.0332. The molecular formula is C20H23NO3S. The first-order valence-electron chi connectivity index (χ1n) is 8.72. The molecule has 0 saturated carbocycles. The van der Waals surface area contributed by atoms with Crippen LogP contribution in [0.1, 0.15) is 43.7 Å². The van der Waals surface area contributed by atoms with Crippen LogP contribution in [0.25, 0.3) is 0 Å². The number of hydrogen-bond donors (Lipinski definition) is 0. The summed E-state index contributed by atoms with van der Waals surface area (Å²) in [5.74, 6) is -0.519. The van der Waals surface area contributed by atoms with Crippen LogP contribution >= 0.6 is 11.8 Å². The van der Waals surface area contributed by atoms with E-state index in [0.29, 0.717) is 17.9 Å². The molecule has 2 aliphatic heterocycles. The van der Waals surface area contributed by atoms with E-state index in [9.17, 15) is 9.59 Å². The van der Waals surface area contributed by atoms with Crippen LogP contribution in [0.5, 0.6) is 0 Å². The molecule has 2 aliphatic rings. The van der Waals surface area contributed by atoms with Crippen LogP contribution in [-0.4, -0.2) is 29.2 Å². The summed E-state index contributed by atoms with van der Waals surface area (Å²) in [5, 5.41) is 0.0332. The van der Waals surface area contributed by atoms with E-state index in [4.69, 9.17) is 4.74 Å². The molecule has 25 heavy (non-hydrogen) atoms. The molecule has 0 saturated heterocycles. The minimum Gasteiger partial charge on any atom is -0.465 e. The number of hydrogen-bond acceptors (Lipinski definition) is 5. The van der Waals surface area contributed by atoms with Gasteiger partial charge in [0.1, 0.15) is 5.92 Å². The first kappa shape index (κ1) is 17.9. The lowest BCUT2D eigenvalue weighted by Crippen LogP contribution is -2.35. The van der Waals surface area contributed by atoms with Gasteiger partial charge >= 0.3 is 5.97 Å². The number of carbonyl (C=O) groups is 2. The number of ether oxygens (including phenoxy) is 1. The molecule has 0 amide bonds. The van der Waals surface area contributed by atoms with Gasteiger partial charge in [-0.1, -0.05) is 49.4 Å². The Morgan fingerprint density at radius 2 is 2.08 bits per heavy atom. The van der Waals surface area contributed by atoms with Gasteiger partial charge in [-0.15, -0.1) is 0 Å². The summed E-state index contributed by atoms with van der Waals surface area (Å²) >= 11 is 1.27. The lowest BCUT2D eigenvalue weighted by atomic mass is 9.75. The monoisotopic (exact) mass is 357 g/mol. The Kier molecular flexibility index (Phi) is 5.42. The van der Waals surface area contributed by atoms with Gasteiger partial charge in [0.05, 0.1) is 12.3 Å². The predicted octanol–water partition coefficient (Wildman–Crippen LogP) is 4.04. The second-order valence-corrected chi connectivity index (χ2v) is 7.47. The van der Waals surface area contributed by atoms with Gasteiger partial charge in [-0.3, -0.25) is 14.6 Å². The fourth-order valence-electron chi connectivity index (χ4n) is 3.48. The van der Waals surface area contributed by atoms with E-state index in [0.717, 1.165) is 35.4 Å². The maximum Gasteiger partial charge on any atom is 0.315 e. The number of thioether (sulfide) groups is 1. The number of aryl methyl sites for hydroxylation is 1. The van der Waals surface area contributed by atoms with Crippen molar-refractivity contribution >= 4 is 28.6 Å². The molecule has 2 atom stereocenters. The van der Waals surface area contributed by atoms with Gasteiger partial charge in [-0.25, -0.2) is 0 Å². The number of aliphatic imine (C=N–C) groups is 1. The van der Waals surface area contributed by atoms with Gasteiger partial charge < -0.3 is 4.74 Å². The third-order valence-electron chi connectivity index (χ3n) is 4.80. The molecule has 3 rings (SSSR count). The molecule has 0 bridgehead atoms. The summed E-state index contributed by atoms with van der Waals surface area (Å²) in [5.41, 5.74) is 4.33. The average molecular weight is 357 g/mol. The summed E-state index contributed by atoms with van der Waals surface area (Å²) in [6.45, 7) is 6.36. The number of unbranched alkanes of at least 4 members (excludes halogenated alkanes) is 1. The van der Waals surface area contributed by atoms with Crippen molar-refractivity contribution in [3.8, 4) is 0 Å². The van der Waals surface area contributed by atoms with Gasteiger partial charge in [-0.05, 0) is 31.4 Å². The third-order valence-corrected chi connectivity index (χ3v) is 5.70. The number of carbonyl (C=O) groups excluding carboxylic acids is 2. The second kappa shape index (κ2) is 7.56.